The molecule has 108 heavy (non-hydrogen) atoms. The number of amides is 7. The molecule has 0 aliphatic rings. The molecule has 35 heteroatoms. The summed E-state index contributed by atoms with van der Waals surface area (Å²) in [6.45, 7) is 3.82. The molecule has 0 bridgehead atoms. The first-order valence-corrected chi connectivity index (χ1v) is 40.5. The Balaban J connectivity index is 3.26. The topological polar surface area (TPSA) is 553 Å². The summed E-state index contributed by atoms with van der Waals surface area (Å²) in [5, 5.41) is 65.9. The molecule has 1 aromatic rings. The van der Waals surface area contributed by atoms with Gasteiger partial charge in [0, 0.05) is 63.5 Å². The Morgan fingerprint density at radius 3 is 1.26 bits per heavy atom. The summed E-state index contributed by atoms with van der Waals surface area (Å²) >= 11 is -1.54. The number of nitrogens with one attached hydrogen (secondary N) is 12. The summed E-state index contributed by atoms with van der Waals surface area (Å²) in [6, 6.07) is -11.2. The lowest BCUT2D eigenvalue weighted by molar-refractivity contribution is -0.167. The van der Waals surface area contributed by atoms with Gasteiger partial charge in [-0.3, -0.25) is 63.6 Å². The highest BCUT2D eigenvalue weighted by atomic mass is 32.2. The van der Waals surface area contributed by atoms with Crippen LogP contribution in [0.15, 0.2) is 12.5 Å². The van der Waals surface area contributed by atoms with Crippen LogP contribution in [0.5, 0.6) is 0 Å². The van der Waals surface area contributed by atoms with Crippen LogP contribution in [-0.4, -0.2) is 206 Å². The van der Waals surface area contributed by atoms with Crippen LogP contribution in [-0.2, 0) is 89.3 Å². The number of aliphatic carboxylic acids is 2. The van der Waals surface area contributed by atoms with Crippen molar-refractivity contribution in [2.75, 3.05) is 44.9 Å². The third-order valence-electron chi connectivity index (χ3n) is 17.7. The van der Waals surface area contributed by atoms with Crippen molar-refractivity contribution in [2.24, 2.45) is 11.5 Å². The number of ether oxygens (including phenoxy) is 3. The van der Waals surface area contributed by atoms with Gasteiger partial charge in [0.1, 0.15) is 61.3 Å². The predicted octanol–water partition coefficient (Wildman–Crippen LogP) is 4.34. The molecule has 9 atom stereocenters. The number of aromatic nitrogens is 2. The standard InChI is InChI=1S/C73H129N15O19S/c1-5-7-9-11-13-15-17-19-21-23-25-27-29-35-62(93)105-48-53(107-64(95)36-30-28-26-24-22-20-18-16-14-12-10-8-6-2)49-106-63(94)40-38-60(90)82-51(3)65(96)87-58(45-52-46-78-50-81-52)70(101)84-55(34-32-43-80-73(76)77)66(97)85-56(37-39-61(91)92)68(99)83-54(33-31-42-79-72(74)75)67(98)86-57(41-44-108(4)104)69(100)88-59(47-89)71(102)103/h46,50-51,53-59,89H,5-45,47-49H2,1-4H3,(H,78,81)(H,82,90)(H,83,99)(H,84,101)(H,85,97)(H,86,98)(H,87,96)(H,88,100)(H,91,92)(H,102,103)(H4,74,75,79)(H4,76,77,80). The Labute approximate surface area is 639 Å². The van der Waals surface area contributed by atoms with Crippen molar-refractivity contribution in [3.05, 3.63) is 18.2 Å². The molecule has 0 radical (unpaired) electrons. The molecule has 9 unspecified atom stereocenters. The summed E-state index contributed by atoms with van der Waals surface area (Å²) in [4.78, 5) is 167. The van der Waals surface area contributed by atoms with Gasteiger partial charge in [0.05, 0.1) is 25.6 Å². The summed E-state index contributed by atoms with van der Waals surface area (Å²) in [5.41, 5.74) is 11.2. The lowest BCUT2D eigenvalue weighted by Crippen LogP contribution is -2.60. The Morgan fingerprint density at radius 1 is 0.491 bits per heavy atom. The molecule has 7 amide bonds. The van der Waals surface area contributed by atoms with Gasteiger partial charge < -0.3 is 98.4 Å². The van der Waals surface area contributed by atoms with Crippen molar-refractivity contribution in [1.29, 1.82) is 10.8 Å². The number of nitrogens with zero attached hydrogens (tertiary/aromatic N) is 1. The molecule has 1 rings (SSSR count). The minimum absolute atomic E-state index is 0.0104. The van der Waals surface area contributed by atoms with Crippen molar-refractivity contribution in [3.63, 3.8) is 0 Å². The van der Waals surface area contributed by atoms with Crippen molar-refractivity contribution >= 4 is 94.3 Å². The monoisotopic (exact) mass is 1550 g/mol. The van der Waals surface area contributed by atoms with E-state index in [-0.39, 0.29) is 76.8 Å². The Morgan fingerprint density at radius 2 is 0.870 bits per heavy atom. The molecular formula is C73H129N15O19S. The zero-order chi connectivity index (χ0) is 80.3. The largest absolute Gasteiger partial charge is 0.617 e. The van der Waals surface area contributed by atoms with Gasteiger partial charge in [-0.15, -0.1) is 0 Å². The summed E-state index contributed by atoms with van der Waals surface area (Å²) < 4.78 is 28.7. The Hall–Kier alpha value is -8.34. The van der Waals surface area contributed by atoms with E-state index in [4.69, 9.17) is 36.5 Å². The lowest BCUT2D eigenvalue weighted by atomic mass is 10.0. The van der Waals surface area contributed by atoms with Crippen LogP contribution in [0.25, 0.3) is 0 Å². The SMILES string of the molecule is CCCCCCCCCCCCCCCC(=O)OCC(COC(=O)CCC(=O)NC(C)C(=O)NC(Cc1cnc[nH]1)C(=O)NC(CCCNC(=N)N)C(=O)NC(CCC(=O)O)C(=O)NC(CCCNC(=N)N)C(=O)NC(CC[S+](C)[O-])C(=O)NC(CO)C(=O)O)OC(=O)CCCCCCCCCCCCCCC. The van der Waals surface area contributed by atoms with Crippen molar-refractivity contribution in [3.8, 4) is 0 Å². The van der Waals surface area contributed by atoms with E-state index in [1.165, 1.54) is 128 Å². The molecule has 0 aliphatic carbocycles. The molecule has 616 valence electrons. The van der Waals surface area contributed by atoms with Crippen molar-refractivity contribution in [1.82, 2.24) is 57.8 Å². The number of guanidine groups is 2. The van der Waals surface area contributed by atoms with Gasteiger partial charge >= 0.3 is 29.8 Å². The first-order chi connectivity index (χ1) is 51.7. The predicted molar refractivity (Wildman–Crippen MR) is 407 cm³/mol. The van der Waals surface area contributed by atoms with Gasteiger partial charge in [-0.05, 0) is 51.9 Å². The minimum Gasteiger partial charge on any atom is -0.617 e. The number of hydrogen-bond donors (Lipinski definition) is 17. The average Bonchev–Trinajstić information content (AvgIpc) is 0.909. The van der Waals surface area contributed by atoms with E-state index < -0.39 is 182 Å². The smallest absolute Gasteiger partial charge is 0.328 e. The zero-order valence-corrected chi connectivity index (χ0v) is 65.1. The van der Waals surface area contributed by atoms with E-state index in [1.807, 2.05) is 0 Å². The van der Waals surface area contributed by atoms with Gasteiger partial charge in [-0.2, -0.15) is 0 Å². The Bertz CT molecular complexity index is 2810. The van der Waals surface area contributed by atoms with Gasteiger partial charge in [0.25, 0.3) is 0 Å². The minimum atomic E-state index is -1.80. The summed E-state index contributed by atoms with van der Waals surface area (Å²) in [5.74, 6) is -13.0. The van der Waals surface area contributed by atoms with Crippen molar-refractivity contribution < 1.29 is 91.6 Å². The summed E-state index contributed by atoms with van der Waals surface area (Å²) in [6.07, 6.45) is 29.2. The van der Waals surface area contributed by atoms with E-state index in [1.54, 1.807) is 0 Å². The van der Waals surface area contributed by atoms with E-state index in [2.05, 4.69) is 71.7 Å². The zero-order valence-electron chi connectivity index (χ0n) is 64.3. The molecule has 19 N–H and O–H groups in total. The Kier molecular flexibility index (Phi) is 55.6. The molecule has 1 heterocycles. The molecule has 34 nitrogen and oxygen atoms in total. The quantitative estimate of drug-likeness (QED) is 0.0108. The maximum Gasteiger partial charge on any atom is 0.328 e. The lowest BCUT2D eigenvalue weighted by Gasteiger charge is -2.27. The van der Waals surface area contributed by atoms with Crippen molar-refractivity contribution in [2.45, 2.75) is 313 Å². The van der Waals surface area contributed by atoms with Gasteiger partial charge in [0.15, 0.2) is 18.0 Å². The van der Waals surface area contributed by atoms with Gasteiger partial charge in [0.2, 0.25) is 41.4 Å². The van der Waals surface area contributed by atoms with Crippen LogP contribution in [0.1, 0.15) is 264 Å². The number of carbonyl (C=O) groups excluding carboxylic acids is 10. The number of esters is 3. The molecule has 0 saturated heterocycles. The number of carboxylic acids is 2. The highest BCUT2D eigenvalue weighted by Crippen LogP contribution is 2.17. The van der Waals surface area contributed by atoms with E-state index in [0.29, 0.717) is 18.5 Å². The number of rotatable bonds is 67. The molecule has 0 aliphatic heterocycles. The number of aliphatic hydroxyl groups is 1. The fourth-order valence-corrected chi connectivity index (χ4v) is 12.0. The second kappa shape index (κ2) is 61.5. The van der Waals surface area contributed by atoms with Crippen LogP contribution in [0, 0.1) is 10.8 Å². The van der Waals surface area contributed by atoms with Crippen LogP contribution in [0.3, 0.4) is 0 Å². The molecule has 0 saturated carbocycles. The fraction of sp³-hybridized carbons (Fsp3) is 0.767. The van der Waals surface area contributed by atoms with Gasteiger partial charge in [-0.1, -0.05) is 179 Å². The van der Waals surface area contributed by atoms with Gasteiger partial charge in [-0.25, -0.2) is 9.78 Å². The number of nitrogens with two attached hydrogens (primary N) is 2. The maximum absolute atomic E-state index is 14.4. The van der Waals surface area contributed by atoms with E-state index in [9.17, 15) is 77.4 Å². The summed E-state index contributed by atoms with van der Waals surface area (Å²) in [7, 11) is 0. The number of carbonyl (C=O) groups is 12. The number of aliphatic hydroxyl groups excluding tert-OH is 1. The van der Waals surface area contributed by atoms with Crippen LogP contribution >= 0.6 is 0 Å². The second-order valence-corrected chi connectivity index (χ2v) is 28.9. The maximum atomic E-state index is 14.4. The first kappa shape index (κ1) is 97.7. The third-order valence-corrected chi connectivity index (χ3v) is 18.5. The highest BCUT2D eigenvalue weighted by molar-refractivity contribution is 7.90. The highest BCUT2D eigenvalue weighted by Gasteiger charge is 2.35. The molecular weight excluding hydrogens is 1420 g/mol. The number of unbranched alkanes of at least 4 members (excludes halogenated alkanes) is 24. The second-order valence-electron chi connectivity index (χ2n) is 27.4. The van der Waals surface area contributed by atoms with Crippen LogP contribution < -0.4 is 59.3 Å². The van der Waals surface area contributed by atoms with Crippen LogP contribution in [0.2, 0.25) is 0 Å². The number of imidazole rings is 1. The van der Waals surface area contributed by atoms with Crippen LogP contribution in [0.4, 0.5) is 0 Å². The first-order valence-electron chi connectivity index (χ1n) is 38.8. The fourth-order valence-electron chi connectivity index (χ4n) is 11.4. The number of hydrogen-bond acceptors (Lipinski definition) is 20. The molecule has 0 aromatic carbocycles. The molecule has 0 spiro atoms. The van der Waals surface area contributed by atoms with E-state index >= 15 is 0 Å². The normalized spacial score (nSPS) is 13.6. The third kappa shape index (κ3) is 51.1. The molecule has 1 aromatic heterocycles. The average molecular weight is 1550 g/mol. The number of carboxylic acid groups (broad SMARTS) is 2. The van der Waals surface area contributed by atoms with E-state index in [0.717, 1.165) is 51.4 Å². The molecule has 0 fully saturated rings. The number of H-pyrrole nitrogens is 1. The number of aromatic amines is 1.